The van der Waals surface area contributed by atoms with Gasteiger partial charge in [0.15, 0.2) is 0 Å². The fourth-order valence-electron chi connectivity index (χ4n) is 1.80. The third-order valence-electron chi connectivity index (χ3n) is 2.78. The number of anilines is 1. The van der Waals surface area contributed by atoms with Gasteiger partial charge in [-0.05, 0) is 48.0 Å². The van der Waals surface area contributed by atoms with E-state index in [2.05, 4.69) is 21.2 Å². The van der Waals surface area contributed by atoms with Crippen LogP contribution in [0.15, 0.2) is 22.7 Å². The van der Waals surface area contributed by atoms with Gasteiger partial charge in [0.2, 0.25) is 0 Å². The van der Waals surface area contributed by atoms with Crippen molar-refractivity contribution in [1.82, 2.24) is 4.90 Å². The molecule has 0 aliphatic carbocycles. The largest absolute Gasteiger partial charge is 0.481 e. The number of carboxylic acid groups (broad SMARTS) is 1. The summed E-state index contributed by atoms with van der Waals surface area (Å²) >= 11 is 9.14. The Labute approximate surface area is 131 Å². The molecule has 1 aromatic rings. The van der Waals surface area contributed by atoms with Crippen LogP contribution in [0.3, 0.4) is 0 Å². The number of nitrogens with one attached hydrogen (secondary N) is 1. The smallest absolute Gasteiger partial charge is 0.322 e. The van der Waals surface area contributed by atoms with Crippen LogP contribution < -0.4 is 5.32 Å². The summed E-state index contributed by atoms with van der Waals surface area (Å²) in [5, 5.41) is 12.1. The van der Waals surface area contributed by atoms with Crippen LogP contribution in [0.2, 0.25) is 5.02 Å². The van der Waals surface area contributed by atoms with Gasteiger partial charge in [0.05, 0.1) is 12.1 Å². The molecule has 0 saturated carbocycles. The molecule has 20 heavy (non-hydrogen) atoms. The molecule has 0 aliphatic heterocycles. The number of benzene rings is 1. The number of rotatable bonds is 5. The molecule has 0 aliphatic rings. The SMILES string of the molecule is CCN(C(=O)Nc1ccc(Cl)cc1Br)C(C)CC(=O)O. The average molecular weight is 364 g/mol. The predicted molar refractivity (Wildman–Crippen MR) is 82.3 cm³/mol. The number of urea groups is 1. The summed E-state index contributed by atoms with van der Waals surface area (Å²) in [6.45, 7) is 3.93. The molecular weight excluding hydrogens is 348 g/mol. The van der Waals surface area contributed by atoms with Crippen LogP contribution in [0, 0.1) is 0 Å². The topological polar surface area (TPSA) is 69.6 Å². The first-order valence-corrected chi connectivity index (χ1v) is 7.26. The first-order chi connectivity index (χ1) is 9.35. The second-order valence-electron chi connectivity index (χ2n) is 4.29. The van der Waals surface area contributed by atoms with Crippen molar-refractivity contribution in [3.63, 3.8) is 0 Å². The molecule has 0 bridgehead atoms. The van der Waals surface area contributed by atoms with Crippen LogP contribution in [0.5, 0.6) is 0 Å². The van der Waals surface area contributed by atoms with Crippen molar-refractivity contribution in [1.29, 1.82) is 0 Å². The second kappa shape index (κ2) is 7.50. The molecule has 1 unspecified atom stereocenters. The molecule has 7 heteroatoms. The Morgan fingerprint density at radius 1 is 1.50 bits per heavy atom. The molecule has 2 N–H and O–H groups in total. The Bertz CT molecular complexity index is 510. The first kappa shape index (κ1) is 16.8. The fourth-order valence-corrected chi connectivity index (χ4v) is 2.58. The van der Waals surface area contributed by atoms with Crippen molar-refractivity contribution < 1.29 is 14.7 Å². The molecule has 1 rings (SSSR count). The van der Waals surface area contributed by atoms with Crippen LogP contribution in [-0.4, -0.2) is 34.6 Å². The summed E-state index contributed by atoms with van der Waals surface area (Å²) in [5.41, 5.74) is 0.584. The maximum Gasteiger partial charge on any atom is 0.322 e. The van der Waals surface area contributed by atoms with E-state index in [0.717, 1.165) is 0 Å². The van der Waals surface area contributed by atoms with E-state index in [-0.39, 0.29) is 18.5 Å². The van der Waals surface area contributed by atoms with E-state index in [4.69, 9.17) is 16.7 Å². The molecule has 1 aromatic carbocycles. The Morgan fingerprint density at radius 2 is 2.15 bits per heavy atom. The molecular formula is C13H16BrClN2O3. The van der Waals surface area contributed by atoms with Crippen molar-refractivity contribution in [2.75, 3.05) is 11.9 Å². The van der Waals surface area contributed by atoms with Gasteiger partial charge >= 0.3 is 12.0 Å². The highest BCUT2D eigenvalue weighted by molar-refractivity contribution is 9.10. The quantitative estimate of drug-likeness (QED) is 0.835. The van der Waals surface area contributed by atoms with E-state index in [1.807, 2.05) is 0 Å². The molecule has 1 atom stereocenters. The van der Waals surface area contributed by atoms with E-state index in [1.54, 1.807) is 32.0 Å². The van der Waals surface area contributed by atoms with E-state index < -0.39 is 5.97 Å². The van der Waals surface area contributed by atoms with Crippen molar-refractivity contribution in [2.24, 2.45) is 0 Å². The zero-order chi connectivity index (χ0) is 15.3. The molecule has 0 fully saturated rings. The maximum atomic E-state index is 12.2. The summed E-state index contributed by atoms with van der Waals surface area (Å²) in [5.74, 6) is -0.934. The Morgan fingerprint density at radius 3 is 2.65 bits per heavy atom. The minimum absolute atomic E-state index is 0.0942. The molecule has 0 saturated heterocycles. The predicted octanol–water partition coefficient (Wildman–Crippen LogP) is 3.82. The average Bonchev–Trinajstić information content (AvgIpc) is 2.32. The summed E-state index contributed by atoms with van der Waals surface area (Å²) in [7, 11) is 0. The van der Waals surface area contributed by atoms with Gasteiger partial charge in [-0.15, -0.1) is 0 Å². The highest BCUT2D eigenvalue weighted by atomic mass is 79.9. The van der Waals surface area contributed by atoms with E-state index in [9.17, 15) is 9.59 Å². The third kappa shape index (κ3) is 4.68. The highest BCUT2D eigenvalue weighted by Gasteiger charge is 2.21. The monoisotopic (exact) mass is 362 g/mol. The molecule has 0 radical (unpaired) electrons. The molecule has 0 spiro atoms. The third-order valence-corrected chi connectivity index (χ3v) is 3.67. The van der Waals surface area contributed by atoms with Crippen LogP contribution in [0.25, 0.3) is 0 Å². The van der Waals surface area contributed by atoms with Crippen molar-refractivity contribution in [2.45, 2.75) is 26.3 Å². The minimum atomic E-state index is -0.934. The number of carbonyl (C=O) groups excluding carboxylic acids is 1. The lowest BCUT2D eigenvalue weighted by Crippen LogP contribution is -2.42. The number of halogens is 2. The molecule has 0 heterocycles. The summed E-state index contributed by atoms with van der Waals surface area (Å²) in [6.07, 6.45) is -0.0942. The molecule has 0 aromatic heterocycles. The van der Waals surface area contributed by atoms with Gasteiger partial charge in [0.25, 0.3) is 0 Å². The number of carboxylic acids is 1. The van der Waals surface area contributed by atoms with Crippen molar-refractivity contribution in [3.8, 4) is 0 Å². The van der Waals surface area contributed by atoms with Gasteiger partial charge < -0.3 is 15.3 Å². The van der Waals surface area contributed by atoms with Gasteiger partial charge in [0, 0.05) is 22.1 Å². The Hall–Kier alpha value is -1.27. The summed E-state index contributed by atoms with van der Waals surface area (Å²) in [4.78, 5) is 24.4. The van der Waals surface area contributed by atoms with Crippen molar-refractivity contribution >= 4 is 45.2 Å². The lowest BCUT2D eigenvalue weighted by atomic mass is 10.2. The van der Waals surface area contributed by atoms with Crippen LogP contribution in [0.4, 0.5) is 10.5 Å². The Balaban J connectivity index is 2.79. The lowest BCUT2D eigenvalue weighted by molar-refractivity contribution is -0.137. The standard InChI is InChI=1S/C13H16BrClN2O3/c1-3-17(8(2)6-12(18)19)13(20)16-11-5-4-9(15)7-10(11)14/h4-5,7-8H,3,6H2,1-2H3,(H,16,20)(H,18,19). The number of carbonyl (C=O) groups is 2. The lowest BCUT2D eigenvalue weighted by Gasteiger charge is -2.27. The maximum absolute atomic E-state index is 12.2. The normalized spacial score (nSPS) is 11.8. The van der Waals surface area contributed by atoms with E-state index >= 15 is 0 Å². The van der Waals surface area contributed by atoms with Gasteiger partial charge in [-0.3, -0.25) is 4.79 Å². The summed E-state index contributed by atoms with van der Waals surface area (Å²) < 4.78 is 0.667. The number of nitrogens with zero attached hydrogens (tertiary/aromatic N) is 1. The summed E-state index contributed by atoms with van der Waals surface area (Å²) in [6, 6.07) is 4.29. The van der Waals surface area contributed by atoms with Gasteiger partial charge in [-0.1, -0.05) is 11.6 Å². The number of hydrogen-bond acceptors (Lipinski definition) is 2. The number of hydrogen-bond donors (Lipinski definition) is 2. The highest BCUT2D eigenvalue weighted by Crippen LogP contribution is 2.26. The van der Waals surface area contributed by atoms with E-state index in [1.165, 1.54) is 4.90 Å². The van der Waals surface area contributed by atoms with Gasteiger partial charge in [0.1, 0.15) is 0 Å². The molecule has 5 nitrogen and oxygen atoms in total. The zero-order valence-electron chi connectivity index (χ0n) is 11.2. The van der Waals surface area contributed by atoms with Crippen molar-refractivity contribution in [3.05, 3.63) is 27.7 Å². The Kier molecular flexibility index (Phi) is 6.29. The van der Waals surface area contributed by atoms with Crippen LogP contribution in [-0.2, 0) is 4.79 Å². The molecule has 2 amide bonds. The second-order valence-corrected chi connectivity index (χ2v) is 5.58. The number of amides is 2. The van der Waals surface area contributed by atoms with Crippen LogP contribution >= 0.6 is 27.5 Å². The molecule has 110 valence electrons. The first-order valence-electron chi connectivity index (χ1n) is 6.09. The fraction of sp³-hybridized carbons (Fsp3) is 0.385. The van der Waals surface area contributed by atoms with Gasteiger partial charge in [-0.2, -0.15) is 0 Å². The van der Waals surface area contributed by atoms with E-state index in [0.29, 0.717) is 21.7 Å². The minimum Gasteiger partial charge on any atom is -0.481 e. The van der Waals surface area contributed by atoms with Gasteiger partial charge in [-0.25, -0.2) is 4.79 Å². The zero-order valence-corrected chi connectivity index (χ0v) is 13.5. The number of aliphatic carboxylic acids is 1. The van der Waals surface area contributed by atoms with Crippen LogP contribution in [0.1, 0.15) is 20.3 Å².